The van der Waals surface area contributed by atoms with E-state index in [1.165, 1.54) is 11.4 Å². The summed E-state index contributed by atoms with van der Waals surface area (Å²) in [5.41, 5.74) is 1.38. The topological polar surface area (TPSA) is 105 Å². The summed E-state index contributed by atoms with van der Waals surface area (Å²) in [6.07, 6.45) is 0.923. The summed E-state index contributed by atoms with van der Waals surface area (Å²) >= 11 is 0. The Balaban J connectivity index is 1.74. The number of ether oxygens (including phenoxy) is 1. The van der Waals surface area contributed by atoms with Gasteiger partial charge >= 0.3 is 0 Å². The molecule has 9 heteroatoms. The SMILES string of the molecule is COc1cccc(C(=O)N[C@H](C(=O)NCC(C)C)C2CCN(S(=O)(=O)c3ccc(C)cc3)CC2)c1. The number of amides is 2. The molecule has 0 aromatic heterocycles. The van der Waals surface area contributed by atoms with Crippen LogP contribution in [0.5, 0.6) is 5.75 Å². The van der Waals surface area contributed by atoms with Crippen molar-refractivity contribution in [3.8, 4) is 5.75 Å². The van der Waals surface area contributed by atoms with E-state index in [4.69, 9.17) is 4.74 Å². The number of methoxy groups -OCH3 is 1. The molecule has 2 N–H and O–H groups in total. The smallest absolute Gasteiger partial charge is 0.252 e. The van der Waals surface area contributed by atoms with E-state index in [2.05, 4.69) is 10.6 Å². The van der Waals surface area contributed by atoms with Crippen molar-refractivity contribution in [2.45, 2.75) is 44.6 Å². The van der Waals surface area contributed by atoms with Crippen LogP contribution < -0.4 is 15.4 Å². The summed E-state index contributed by atoms with van der Waals surface area (Å²) in [7, 11) is -2.09. The Morgan fingerprint density at radius 3 is 2.34 bits per heavy atom. The number of benzene rings is 2. The lowest BCUT2D eigenvalue weighted by atomic mass is 9.89. The number of carbonyl (C=O) groups is 2. The summed E-state index contributed by atoms with van der Waals surface area (Å²) < 4.78 is 32.8. The van der Waals surface area contributed by atoms with Gasteiger partial charge in [-0.2, -0.15) is 4.31 Å². The lowest BCUT2D eigenvalue weighted by Crippen LogP contribution is -2.54. The first-order valence-corrected chi connectivity index (χ1v) is 13.3. The van der Waals surface area contributed by atoms with Gasteiger partial charge < -0.3 is 15.4 Å². The van der Waals surface area contributed by atoms with Crippen molar-refractivity contribution in [1.82, 2.24) is 14.9 Å². The van der Waals surface area contributed by atoms with E-state index in [1.807, 2.05) is 20.8 Å². The minimum atomic E-state index is -3.61. The molecule has 0 aliphatic carbocycles. The van der Waals surface area contributed by atoms with Gasteiger partial charge in [-0.25, -0.2) is 8.42 Å². The van der Waals surface area contributed by atoms with Gasteiger partial charge in [0.15, 0.2) is 0 Å². The number of aryl methyl sites for hydroxylation is 1. The maximum Gasteiger partial charge on any atom is 0.252 e. The molecule has 1 atom stereocenters. The molecule has 0 spiro atoms. The second-order valence-corrected chi connectivity index (χ2v) is 11.3. The van der Waals surface area contributed by atoms with Crippen molar-refractivity contribution in [2.75, 3.05) is 26.7 Å². The Morgan fingerprint density at radius 2 is 1.74 bits per heavy atom. The minimum Gasteiger partial charge on any atom is -0.497 e. The van der Waals surface area contributed by atoms with Crippen LogP contribution >= 0.6 is 0 Å². The fourth-order valence-corrected chi connectivity index (χ4v) is 5.58. The van der Waals surface area contributed by atoms with Crippen molar-refractivity contribution in [1.29, 1.82) is 0 Å². The Kier molecular flexibility index (Phi) is 8.91. The molecule has 0 unspecified atom stereocenters. The van der Waals surface area contributed by atoms with E-state index in [0.717, 1.165) is 5.56 Å². The number of rotatable bonds is 9. The van der Waals surface area contributed by atoms with Crippen molar-refractivity contribution < 1.29 is 22.7 Å². The van der Waals surface area contributed by atoms with Crippen molar-refractivity contribution in [2.24, 2.45) is 11.8 Å². The molecule has 0 radical (unpaired) electrons. The number of hydrogen-bond donors (Lipinski definition) is 2. The fourth-order valence-electron chi connectivity index (χ4n) is 4.11. The van der Waals surface area contributed by atoms with Crippen molar-refractivity contribution in [3.63, 3.8) is 0 Å². The normalized spacial score (nSPS) is 16.0. The molecule has 1 saturated heterocycles. The van der Waals surface area contributed by atoms with Gasteiger partial charge in [-0.15, -0.1) is 0 Å². The fraction of sp³-hybridized carbons (Fsp3) is 0.462. The maximum atomic E-state index is 13.1. The quantitative estimate of drug-likeness (QED) is 0.550. The van der Waals surface area contributed by atoms with Crippen molar-refractivity contribution in [3.05, 3.63) is 59.7 Å². The average Bonchev–Trinajstić information content (AvgIpc) is 2.86. The summed E-state index contributed by atoms with van der Waals surface area (Å²) in [6.45, 7) is 6.96. The molecule has 1 aliphatic rings. The second kappa shape index (κ2) is 11.7. The van der Waals surface area contributed by atoms with Crippen LogP contribution in [0.4, 0.5) is 0 Å². The Labute approximate surface area is 208 Å². The Morgan fingerprint density at radius 1 is 1.09 bits per heavy atom. The van der Waals surface area contributed by atoms with E-state index in [1.54, 1.807) is 48.5 Å². The molecule has 0 saturated carbocycles. The van der Waals surface area contributed by atoms with E-state index in [-0.39, 0.29) is 41.6 Å². The highest BCUT2D eigenvalue weighted by Crippen LogP contribution is 2.26. The van der Waals surface area contributed by atoms with Crippen LogP contribution in [0, 0.1) is 18.8 Å². The summed E-state index contributed by atoms with van der Waals surface area (Å²) in [5.74, 6) is -0.0115. The van der Waals surface area contributed by atoms with Gasteiger partial charge in [-0.1, -0.05) is 37.6 Å². The van der Waals surface area contributed by atoms with Crippen LogP contribution in [0.2, 0.25) is 0 Å². The van der Waals surface area contributed by atoms with E-state index >= 15 is 0 Å². The van der Waals surface area contributed by atoms with E-state index in [9.17, 15) is 18.0 Å². The zero-order valence-corrected chi connectivity index (χ0v) is 21.6. The lowest BCUT2D eigenvalue weighted by molar-refractivity contribution is -0.124. The lowest BCUT2D eigenvalue weighted by Gasteiger charge is -2.35. The highest BCUT2D eigenvalue weighted by molar-refractivity contribution is 7.89. The monoisotopic (exact) mass is 501 g/mol. The maximum absolute atomic E-state index is 13.1. The number of carbonyl (C=O) groups excluding carboxylic acids is 2. The van der Waals surface area contributed by atoms with Crippen LogP contribution in [0.25, 0.3) is 0 Å². The third-order valence-electron chi connectivity index (χ3n) is 6.21. The summed E-state index contributed by atoms with van der Waals surface area (Å²) in [6, 6.07) is 12.8. The largest absolute Gasteiger partial charge is 0.497 e. The number of nitrogens with one attached hydrogen (secondary N) is 2. The summed E-state index contributed by atoms with van der Waals surface area (Å²) in [5, 5.41) is 5.82. The number of sulfonamides is 1. The number of nitrogens with zero attached hydrogens (tertiary/aromatic N) is 1. The molecule has 2 aromatic rings. The van der Waals surface area contributed by atoms with Crippen LogP contribution in [0.1, 0.15) is 42.6 Å². The highest BCUT2D eigenvalue weighted by atomic mass is 32.2. The molecule has 1 fully saturated rings. The van der Waals surface area contributed by atoms with Gasteiger partial charge in [0.2, 0.25) is 15.9 Å². The predicted octanol–water partition coefficient (Wildman–Crippen LogP) is 2.98. The van der Waals surface area contributed by atoms with E-state index in [0.29, 0.717) is 30.7 Å². The molecular weight excluding hydrogens is 466 g/mol. The Hall–Kier alpha value is -2.91. The minimum absolute atomic E-state index is 0.193. The van der Waals surface area contributed by atoms with Gasteiger partial charge in [0.1, 0.15) is 11.8 Å². The molecule has 8 nitrogen and oxygen atoms in total. The first-order valence-electron chi connectivity index (χ1n) is 11.9. The first-order chi connectivity index (χ1) is 16.6. The second-order valence-electron chi connectivity index (χ2n) is 9.38. The Bertz CT molecular complexity index is 1120. The molecule has 3 rings (SSSR count). The number of hydrogen-bond acceptors (Lipinski definition) is 5. The first kappa shape index (κ1) is 26.7. The molecular formula is C26H35N3O5S. The molecule has 0 bridgehead atoms. The van der Waals surface area contributed by atoms with Gasteiger partial charge in [0.25, 0.3) is 5.91 Å². The zero-order valence-electron chi connectivity index (χ0n) is 20.8. The van der Waals surface area contributed by atoms with Crippen LogP contribution in [-0.4, -0.2) is 57.3 Å². The summed E-state index contributed by atoms with van der Waals surface area (Å²) in [4.78, 5) is 26.3. The van der Waals surface area contributed by atoms with Gasteiger partial charge in [0.05, 0.1) is 12.0 Å². The predicted molar refractivity (Wildman–Crippen MR) is 135 cm³/mol. The standard InChI is InChI=1S/C26H35N3O5S/c1-18(2)17-27-26(31)24(28-25(30)21-6-5-7-22(16-21)34-4)20-12-14-29(15-13-20)35(32,33)23-10-8-19(3)9-11-23/h5-11,16,18,20,24H,12-15,17H2,1-4H3,(H,27,31)(H,28,30)/t24-/m0/s1. The number of piperidine rings is 1. The van der Waals surface area contributed by atoms with Crippen LogP contribution in [0.15, 0.2) is 53.4 Å². The molecule has 35 heavy (non-hydrogen) atoms. The molecule has 1 aliphatic heterocycles. The zero-order chi connectivity index (χ0) is 25.6. The van der Waals surface area contributed by atoms with Crippen molar-refractivity contribution >= 4 is 21.8 Å². The van der Waals surface area contributed by atoms with Crippen LogP contribution in [0.3, 0.4) is 0 Å². The molecule has 190 valence electrons. The molecule has 1 heterocycles. The third kappa shape index (κ3) is 6.82. The van der Waals surface area contributed by atoms with Crippen LogP contribution in [-0.2, 0) is 14.8 Å². The average molecular weight is 502 g/mol. The van der Waals surface area contributed by atoms with Gasteiger partial charge in [-0.3, -0.25) is 9.59 Å². The van der Waals surface area contributed by atoms with E-state index < -0.39 is 16.1 Å². The van der Waals surface area contributed by atoms with Gasteiger partial charge in [0, 0.05) is 25.2 Å². The third-order valence-corrected chi connectivity index (χ3v) is 8.13. The molecule has 2 amide bonds. The highest BCUT2D eigenvalue weighted by Gasteiger charge is 2.36. The van der Waals surface area contributed by atoms with Gasteiger partial charge in [-0.05, 0) is 61.9 Å². The molecule has 2 aromatic carbocycles.